The molecular weight excluding hydrogens is 274 g/mol. The molecule has 0 amide bonds. The first-order valence-electron chi connectivity index (χ1n) is 5.48. The van der Waals surface area contributed by atoms with Gasteiger partial charge in [0.05, 0.1) is 12.5 Å². The summed E-state index contributed by atoms with van der Waals surface area (Å²) in [6.07, 6.45) is 1.36. The Morgan fingerprint density at radius 3 is 2.24 bits per heavy atom. The molecule has 0 radical (unpaired) electrons. The Balaban J connectivity index is 2.24. The Labute approximate surface area is 110 Å². The lowest BCUT2D eigenvalue weighted by Gasteiger charge is -2.06. The Morgan fingerprint density at radius 2 is 1.59 bits per heavy atom. The maximum atomic E-state index is 8.79. The monoisotopic (exact) mass is 285 g/mol. The lowest BCUT2D eigenvalue weighted by Crippen LogP contribution is -1.94. The zero-order valence-corrected chi connectivity index (χ0v) is 10.9. The van der Waals surface area contributed by atoms with Gasteiger partial charge in [0.1, 0.15) is 0 Å². The Morgan fingerprint density at radius 1 is 0.941 bits per heavy atom. The smallest absolute Gasteiger partial charge is 0.0669 e. The van der Waals surface area contributed by atoms with Crippen LogP contribution in [-0.4, -0.2) is 0 Å². The van der Waals surface area contributed by atoms with Crippen molar-refractivity contribution in [1.82, 2.24) is 0 Å². The highest BCUT2D eigenvalue weighted by Gasteiger charge is 2.02. The lowest BCUT2D eigenvalue weighted by atomic mass is 9.98. The summed E-state index contributed by atoms with van der Waals surface area (Å²) < 4.78 is 1.09. The third-order valence-electron chi connectivity index (χ3n) is 2.70. The SMILES string of the molecule is N#CCc1ccccc1Cc1ccc(Br)cc1. The van der Waals surface area contributed by atoms with Gasteiger partial charge in [-0.25, -0.2) is 0 Å². The molecule has 0 aliphatic heterocycles. The number of benzene rings is 2. The average molecular weight is 286 g/mol. The summed E-state index contributed by atoms with van der Waals surface area (Å²) in [6.45, 7) is 0. The van der Waals surface area contributed by atoms with E-state index in [0.29, 0.717) is 6.42 Å². The molecule has 0 unspecified atom stereocenters. The Hall–Kier alpha value is -1.59. The number of rotatable bonds is 3. The minimum atomic E-state index is 0.479. The van der Waals surface area contributed by atoms with E-state index in [1.165, 1.54) is 11.1 Å². The molecule has 2 aromatic carbocycles. The molecular formula is C15H12BrN. The van der Waals surface area contributed by atoms with Crippen molar-refractivity contribution < 1.29 is 0 Å². The predicted octanol–water partition coefficient (Wildman–Crippen LogP) is 4.11. The lowest BCUT2D eigenvalue weighted by molar-refractivity contribution is 1.12. The highest BCUT2D eigenvalue weighted by Crippen LogP contribution is 2.17. The number of hydrogen-bond donors (Lipinski definition) is 0. The van der Waals surface area contributed by atoms with Gasteiger partial charge in [0.2, 0.25) is 0 Å². The molecule has 0 atom stereocenters. The molecule has 17 heavy (non-hydrogen) atoms. The zero-order valence-electron chi connectivity index (χ0n) is 9.36. The summed E-state index contributed by atoms with van der Waals surface area (Å²) in [5.41, 5.74) is 3.62. The summed E-state index contributed by atoms with van der Waals surface area (Å²) in [5.74, 6) is 0. The standard InChI is InChI=1S/C15H12BrN/c16-15-7-5-12(6-8-15)11-14-4-2-1-3-13(14)9-10-17/h1-8H,9,11H2. The van der Waals surface area contributed by atoms with Crippen LogP contribution >= 0.6 is 15.9 Å². The van der Waals surface area contributed by atoms with E-state index in [0.717, 1.165) is 16.5 Å². The quantitative estimate of drug-likeness (QED) is 0.833. The van der Waals surface area contributed by atoms with Crippen LogP contribution < -0.4 is 0 Å². The van der Waals surface area contributed by atoms with E-state index < -0.39 is 0 Å². The topological polar surface area (TPSA) is 23.8 Å². The molecule has 2 rings (SSSR count). The van der Waals surface area contributed by atoms with Crippen LogP contribution in [0.1, 0.15) is 16.7 Å². The third kappa shape index (κ3) is 3.18. The summed E-state index contributed by atoms with van der Waals surface area (Å²) in [4.78, 5) is 0. The van der Waals surface area contributed by atoms with Crippen molar-refractivity contribution in [3.8, 4) is 6.07 Å². The van der Waals surface area contributed by atoms with Crippen molar-refractivity contribution in [2.24, 2.45) is 0 Å². The fourth-order valence-electron chi connectivity index (χ4n) is 1.81. The second-order valence-corrected chi connectivity index (χ2v) is 4.82. The van der Waals surface area contributed by atoms with Crippen LogP contribution in [0.15, 0.2) is 53.0 Å². The highest BCUT2D eigenvalue weighted by molar-refractivity contribution is 9.10. The number of hydrogen-bond acceptors (Lipinski definition) is 1. The van der Waals surface area contributed by atoms with Crippen LogP contribution in [0.4, 0.5) is 0 Å². The minimum absolute atomic E-state index is 0.479. The van der Waals surface area contributed by atoms with Crippen LogP contribution in [0.3, 0.4) is 0 Å². The van der Waals surface area contributed by atoms with E-state index in [1.54, 1.807) is 0 Å². The zero-order chi connectivity index (χ0) is 12.1. The van der Waals surface area contributed by atoms with Crippen LogP contribution in [0, 0.1) is 11.3 Å². The second kappa shape index (κ2) is 5.65. The van der Waals surface area contributed by atoms with E-state index in [-0.39, 0.29) is 0 Å². The van der Waals surface area contributed by atoms with Gasteiger partial charge in [0.25, 0.3) is 0 Å². The fourth-order valence-corrected chi connectivity index (χ4v) is 2.07. The summed E-state index contributed by atoms with van der Waals surface area (Å²) in [7, 11) is 0. The number of nitriles is 1. The predicted molar refractivity (Wildman–Crippen MR) is 72.7 cm³/mol. The van der Waals surface area contributed by atoms with Crippen molar-refractivity contribution >= 4 is 15.9 Å². The van der Waals surface area contributed by atoms with Crippen molar-refractivity contribution in [2.75, 3.05) is 0 Å². The molecule has 0 aromatic heterocycles. The molecule has 0 N–H and O–H groups in total. The van der Waals surface area contributed by atoms with Crippen LogP contribution in [0.5, 0.6) is 0 Å². The maximum absolute atomic E-state index is 8.79. The molecule has 0 spiro atoms. The minimum Gasteiger partial charge on any atom is -0.198 e. The third-order valence-corrected chi connectivity index (χ3v) is 3.22. The van der Waals surface area contributed by atoms with Crippen LogP contribution in [0.25, 0.3) is 0 Å². The molecule has 0 aliphatic rings. The highest BCUT2D eigenvalue weighted by atomic mass is 79.9. The molecule has 0 bridgehead atoms. The Kier molecular flexibility index (Phi) is 3.95. The largest absolute Gasteiger partial charge is 0.198 e. The fraction of sp³-hybridized carbons (Fsp3) is 0.133. The van der Waals surface area contributed by atoms with E-state index in [2.05, 4.69) is 40.2 Å². The first-order valence-corrected chi connectivity index (χ1v) is 6.27. The summed E-state index contributed by atoms with van der Waals surface area (Å²) >= 11 is 3.43. The summed E-state index contributed by atoms with van der Waals surface area (Å²) in [6, 6.07) is 18.6. The average Bonchev–Trinajstić information content (AvgIpc) is 2.35. The van der Waals surface area contributed by atoms with E-state index in [9.17, 15) is 0 Å². The Bertz CT molecular complexity index is 538. The molecule has 1 nitrogen and oxygen atoms in total. The van der Waals surface area contributed by atoms with E-state index in [4.69, 9.17) is 5.26 Å². The van der Waals surface area contributed by atoms with E-state index >= 15 is 0 Å². The van der Waals surface area contributed by atoms with Crippen molar-refractivity contribution in [3.05, 3.63) is 69.7 Å². The maximum Gasteiger partial charge on any atom is 0.0669 e. The van der Waals surface area contributed by atoms with Gasteiger partial charge in [-0.05, 0) is 35.2 Å². The second-order valence-electron chi connectivity index (χ2n) is 3.91. The van der Waals surface area contributed by atoms with Crippen LogP contribution in [-0.2, 0) is 12.8 Å². The molecule has 0 aliphatic carbocycles. The number of nitrogens with zero attached hydrogens (tertiary/aromatic N) is 1. The van der Waals surface area contributed by atoms with Crippen molar-refractivity contribution in [1.29, 1.82) is 5.26 Å². The first kappa shape index (κ1) is 11.9. The van der Waals surface area contributed by atoms with Gasteiger partial charge in [0, 0.05) is 4.47 Å². The van der Waals surface area contributed by atoms with Crippen molar-refractivity contribution in [3.63, 3.8) is 0 Å². The van der Waals surface area contributed by atoms with Crippen molar-refractivity contribution in [2.45, 2.75) is 12.8 Å². The normalized spacial score (nSPS) is 9.88. The van der Waals surface area contributed by atoms with Gasteiger partial charge in [-0.1, -0.05) is 52.3 Å². The first-order chi connectivity index (χ1) is 8.29. The molecule has 0 heterocycles. The van der Waals surface area contributed by atoms with Crippen LogP contribution in [0.2, 0.25) is 0 Å². The van der Waals surface area contributed by atoms with E-state index in [1.807, 2.05) is 30.3 Å². The molecule has 2 aromatic rings. The number of halogens is 1. The molecule has 84 valence electrons. The van der Waals surface area contributed by atoms with Gasteiger partial charge in [-0.3, -0.25) is 0 Å². The van der Waals surface area contributed by atoms with Gasteiger partial charge >= 0.3 is 0 Å². The molecule has 2 heteroatoms. The molecule has 0 fully saturated rings. The molecule has 0 saturated heterocycles. The van der Waals surface area contributed by atoms with Gasteiger partial charge in [-0.15, -0.1) is 0 Å². The summed E-state index contributed by atoms with van der Waals surface area (Å²) in [5, 5.41) is 8.79. The van der Waals surface area contributed by atoms with Gasteiger partial charge in [0.15, 0.2) is 0 Å². The van der Waals surface area contributed by atoms with Gasteiger partial charge in [-0.2, -0.15) is 5.26 Å². The molecule has 0 saturated carbocycles. The van der Waals surface area contributed by atoms with Gasteiger partial charge < -0.3 is 0 Å².